The summed E-state index contributed by atoms with van der Waals surface area (Å²) in [5, 5.41) is 4.90. The summed E-state index contributed by atoms with van der Waals surface area (Å²) in [5.74, 6) is 0.476. The van der Waals surface area contributed by atoms with E-state index in [9.17, 15) is 8.42 Å². The minimum absolute atomic E-state index is 0.341. The lowest BCUT2D eigenvalue weighted by molar-refractivity contribution is 0.401. The Bertz CT molecular complexity index is 516. The fourth-order valence-electron chi connectivity index (χ4n) is 2.08. The SMILES string of the molecule is CNCc1csc(S(=O)(=O)NC(C)(C)C2CC2)c1. The van der Waals surface area contributed by atoms with Crippen LogP contribution in [-0.4, -0.2) is 21.0 Å². The van der Waals surface area contributed by atoms with Crippen LogP contribution in [0.4, 0.5) is 0 Å². The Kier molecular flexibility index (Phi) is 3.82. The van der Waals surface area contributed by atoms with Gasteiger partial charge in [0.15, 0.2) is 0 Å². The molecule has 18 heavy (non-hydrogen) atoms. The van der Waals surface area contributed by atoms with Crippen molar-refractivity contribution < 1.29 is 8.42 Å². The lowest BCUT2D eigenvalue weighted by Crippen LogP contribution is -2.44. The maximum atomic E-state index is 12.3. The van der Waals surface area contributed by atoms with Crippen molar-refractivity contribution in [3.8, 4) is 0 Å². The van der Waals surface area contributed by atoms with Gasteiger partial charge in [0.2, 0.25) is 0 Å². The summed E-state index contributed by atoms with van der Waals surface area (Å²) >= 11 is 1.28. The van der Waals surface area contributed by atoms with Gasteiger partial charge in [-0.15, -0.1) is 11.3 Å². The van der Waals surface area contributed by atoms with Crippen molar-refractivity contribution in [3.05, 3.63) is 17.0 Å². The molecule has 1 aliphatic carbocycles. The third-order valence-electron chi connectivity index (χ3n) is 3.27. The Labute approximate surface area is 113 Å². The van der Waals surface area contributed by atoms with E-state index < -0.39 is 10.0 Å². The molecular formula is C12H20N2O2S2. The van der Waals surface area contributed by atoms with Crippen LogP contribution in [0.2, 0.25) is 0 Å². The molecule has 2 rings (SSSR count). The van der Waals surface area contributed by atoms with E-state index in [1.807, 2.05) is 26.3 Å². The van der Waals surface area contributed by atoms with Crippen LogP contribution in [0, 0.1) is 5.92 Å². The van der Waals surface area contributed by atoms with Crippen molar-refractivity contribution in [1.29, 1.82) is 0 Å². The first kappa shape index (κ1) is 14.0. The zero-order valence-corrected chi connectivity index (χ0v) is 12.6. The molecular weight excluding hydrogens is 268 g/mol. The first-order valence-electron chi connectivity index (χ1n) is 6.11. The molecule has 0 atom stereocenters. The highest BCUT2D eigenvalue weighted by Gasteiger charge is 2.40. The highest BCUT2D eigenvalue weighted by Crippen LogP contribution is 2.40. The first-order valence-corrected chi connectivity index (χ1v) is 8.47. The van der Waals surface area contributed by atoms with Crippen molar-refractivity contribution in [2.45, 2.75) is 43.0 Å². The van der Waals surface area contributed by atoms with Crippen LogP contribution < -0.4 is 10.0 Å². The van der Waals surface area contributed by atoms with E-state index in [-0.39, 0.29) is 5.54 Å². The van der Waals surface area contributed by atoms with E-state index in [2.05, 4.69) is 10.0 Å². The Balaban J connectivity index is 2.14. The van der Waals surface area contributed by atoms with Crippen molar-refractivity contribution in [2.24, 2.45) is 5.92 Å². The fourth-order valence-corrected chi connectivity index (χ4v) is 4.76. The van der Waals surface area contributed by atoms with Crippen LogP contribution >= 0.6 is 11.3 Å². The molecule has 0 spiro atoms. The summed E-state index contributed by atoms with van der Waals surface area (Å²) in [5.41, 5.74) is 0.665. The fraction of sp³-hybridized carbons (Fsp3) is 0.667. The normalized spacial score (nSPS) is 17.1. The van der Waals surface area contributed by atoms with Gasteiger partial charge in [-0.3, -0.25) is 0 Å². The number of rotatable bonds is 6. The second-order valence-corrected chi connectivity index (χ2v) is 8.23. The van der Waals surface area contributed by atoms with Gasteiger partial charge in [-0.1, -0.05) is 0 Å². The summed E-state index contributed by atoms with van der Waals surface area (Å²) < 4.78 is 27.8. The van der Waals surface area contributed by atoms with Crippen LogP contribution in [0.3, 0.4) is 0 Å². The predicted octanol–water partition coefficient (Wildman–Crippen LogP) is 1.93. The average molecular weight is 288 g/mol. The van der Waals surface area contributed by atoms with Crippen molar-refractivity contribution in [1.82, 2.24) is 10.0 Å². The van der Waals surface area contributed by atoms with Crippen LogP contribution in [0.25, 0.3) is 0 Å². The summed E-state index contributed by atoms with van der Waals surface area (Å²) in [6.45, 7) is 4.62. The van der Waals surface area contributed by atoms with Gasteiger partial charge in [-0.25, -0.2) is 13.1 Å². The van der Waals surface area contributed by atoms with Gasteiger partial charge < -0.3 is 5.32 Å². The summed E-state index contributed by atoms with van der Waals surface area (Å²) in [6, 6.07) is 1.74. The molecule has 4 nitrogen and oxygen atoms in total. The van der Waals surface area contributed by atoms with E-state index in [0.717, 1.165) is 18.4 Å². The number of thiophene rings is 1. The Morgan fingerprint density at radius 2 is 2.11 bits per heavy atom. The number of hydrogen-bond donors (Lipinski definition) is 2. The third-order valence-corrected chi connectivity index (χ3v) is 6.43. The van der Waals surface area contributed by atoms with Gasteiger partial charge >= 0.3 is 0 Å². The minimum atomic E-state index is -3.38. The largest absolute Gasteiger partial charge is 0.316 e. The Morgan fingerprint density at radius 1 is 1.44 bits per heavy atom. The predicted molar refractivity (Wildman–Crippen MR) is 74.2 cm³/mol. The quantitative estimate of drug-likeness (QED) is 0.841. The minimum Gasteiger partial charge on any atom is -0.316 e. The molecule has 6 heteroatoms. The van der Waals surface area contributed by atoms with E-state index >= 15 is 0 Å². The van der Waals surface area contributed by atoms with Crippen molar-refractivity contribution in [2.75, 3.05) is 7.05 Å². The van der Waals surface area contributed by atoms with Gasteiger partial charge in [-0.05, 0) is 56.7 Å². The summed E-state index contributed by atoms with van der Waals surface area (Å²) in [4.78, 5) is 0. The zero-order chi connectivity index (χ0) is 13.4. The molecule has 1 aliphatic rings. The van der Waals surface area contributed by atoms with Gasteiger partial charge in [0.1, 0.15) is 4.21 Å². The van der Waals surface area contributed by atoms with Crippen molar-refractivity contribution in [3.63, 3.8) is 0 Å². The Hall–Kier alpha value is -0.430. The van der Waals surface area contributed by atoms with Crippen LogP contribution in [0.5, 0.6) is 0 Å². The monoisotopic (exact) mass is 288 g/mol. The van der Waals surface area contributed by atoms with Crippen LogP contribution in [0.15, 0.2) is 15.7 Å². The van der Waals surface area contributed by atoms with Crippen LogP contribution in [0.1, 0.15) is 32.3 Å². The lowest BCUT2D eigenvalue weighted by Gasteiger charge is -2.25. The van der Waals surface area contributed by atoms with E-state index in [1.54, 1.807) is 6.07 Å². The van der Waals surface area contributed by atoms with Gasteiger partial charge in [0.25, 0.3) is 10.0 Å². The molecule has 1 aromatic rings. The molecule has 1 saturated carbocycles. The zero-order valence-electron chi connectivity index (χ0n) is 11.0. The molecule has 0 saturated heterocycles. The molecule has 1 aromatic heterocycles. The number of hydrogen-bond acceptors (Lipinski definition) is 4. The van der Waals surface area contributed by atoms with Crippen molar-refractivity contribution >= 4 is 21.4 Å². The molecule has 0 aliphatic heterocycles. The highest BCUT2D eigenvalue weighted by molar-refractivity contribution is 7.91. The maximum Gasteiger partial charge on any atom is 0.250 e. The molecule has 1 fully saturated rings. The van der Waals surface area contributed by atoms with Gasteiger partial charge in [0, 0.05) is 12.1 Å². The van der Waals surface area contributed by atoms with E-state index in [4.69, 9.17) is 0 Å². The molecule has 102 valence electrons. The smallest absolute Gasteiger partial charge is 0.250 e. The second-order valence-electron chi connectivity index (χ2n) is 5.41. The molecule has 0 unspecified atom stereocenters. The average Bonchev–Trinajstić information content (AvgIpc) is 2.99. The van der Waals surface area contributed by atoms with Crippen LogP contribution in [-0.2, 0) is 16.6 Å². The second kappa shape index (κ2) is 4.92. The molecule has 0 amide bonds. The molecule has 2 N–H and O–H groups in total. The summed E-state index contributed by atoms with van der Waals surface area (Å²) in [6.07, 6.45) is 2.23. The Morgan fingerprint density at radius 3 is 2.67 bits per heavy atom. The molecule has 0 aromatic carbocycles. The van der Waals surface area contributed by atoms with Gasteiger partial charge in [0.05, 0.1) is 0 Å². The third kappa shape index (κ3) is 3.12. The molecule has 0 radical (unpaired) electrons. The maximum absolute atomic E-state index is 12.3. The molecule has 1 heterocycles. The molecule has 0 bridgehead atoms. The topological polar surface area (TPSA) is 58.2 Å². The number of nitrogens with one attached hydrogen (secondary N) is 2. The van der Waals surface area contributed by atoms with E-state index in [0.29, 0.717) is 16.7 Å². The summed E-state index contributed by atoms with van der Waals surface area (Å²) in [7, 11) is -1.53. The lowest BCUT2D eigenvalue weighted by atomic mass is 10.0. The van der Waals surface area contributed by atoms with Gasteiger partial charge in [-0.2, -0.15) is 0 Å². The highest BCUT2D eigenvalue weighted by atomic mass is 32.2. The van der Waals surface area contributed by atoms with E-state index in [1.165, 1.54) is 11.3 Å². The number of sulfonamides is 1. The first-order chi connectivity index (χ1) is 8.35. The standard InChI is InChI=1S/C12H20N2O2S2/c1-12(2,10-4-5-10)14-18(15,16)11-6-9(7-13-3)8-17-11/h6,8,10,13-14H,4-5,7H2,1-3H3.